The lowest BCUT2D eigenvalue weighted by Crippen LogP contribution is -2.17. The summed E-state index contributed by atoms with van der Waals surface area (Å²) in [7, 11) is 0. The maximum atomic E-state index is 10.9. The van der Waals surface area contributed by atoms with Crippen LogP contribution in [-0.4, -0.2) is 5.24 Å². The van der Waals surface area contributed by atoms with Crippen molar-refractivity contribution in [1.82, 2.24) is 0 Å². The van der Waals surface area contributed by atoms with E-state index in [1.54, 1.807) is 0 Å². The van der Waals surface area contributed by atoms with Crippen LogP contribution in [0.5, 0.6) is 0 Å². The van der Waals surface area contributed by atoms with E-state index in [1.165, 1.54) is 0 Å². The summed E-state index contributed by atoms with van der Waals surface area (Å²) in [5.74, 6) is 0.506. The maximum Gasteiger partial charge on any atom is 0.224 e. The molecule has 11 heavy (non-hydrogen) atoms. The van der Waals surface area contributed by atoms with Gasteiger partial charge in [0.15, 0.2) is 0 Å². The van der Waals surface area contributed by atoms with Crippen LogP contribution in [0.1, 0.15) is 40.0 Å². The fourth-order valence-electron chi connectivity index (χ4n) is 1.22. The first-order chi connectivity index (χ1) is 5.13. The smallest absolute Gasteiger partial charge is 0.224 e. The first kappa shape index (κ1) is 11.0. The molecule has 2 unspecified atom stereocenters. The second-order valence-corrected chi connectivity index (χ2v) is 3.46. The zero-order valence-electron chi connectivity index (χ0n) is 7.56. The molecule has 0 aliphatic carbocycles. The van der Waals surface area contributed by atoms with Crippen LogP contribution >= 0.6 is 11.6 Å². The molecule has 0 saturated heterocycles. The average Bonchev–Trinajstić information content (AvgIpc) is 1.98. The van der Waals surface area contributed by atoms with Crippen LogP contribution in [0.4, 0.5) is 0 Å². The summed E-state index contributed by atoms with van der Waals surface area (Å²) in [6, 6.07) is 0. The van der Waals surface area contributed by atoms with Crippen LogP contribution < -0.4 is 0 Å². The number of rotatable bonds is 5. The molecule has 0 N–H and O–H groups in total. The first-order valence-electron chi connectivity index (χ1n) is 4.32. The second-order valence-electron chi connectivity index (χ2n) is 3.08. The highest BCUT2D eigenvalue weighted by Gasteiger charge is 2.20. The molecule has 0 aliphatic heterocycles. The summed E-state index contributed by atoms with van der Waals surface area (Å²) in [6.07, 6.45) is 2.99. The van der Waals surface area contributed by atoms with Gasteiger partial charge in [0.2, 0.25) is 5.24 Å². The molecule has 0 saturated carbocycles. The third kappa shape index (κ3) is 3.76. The SMILES string of the molecule is CCCC(C(=O)Cl)C(C)CC. The van der Waals surface area contributed by atoms with Gasteiger partial charge in [0.1, 0.15) is 0 Å². The van der Waals surface area contributed by atoms with Crippen LogP contribution in [0, 0.1) is 11.8 Å². The van der Waals surface area contributed by atoms with Gasteiger partial charge in [-0.1, -0.05) is 33.6 Å². The van der Waals surface area contributed by atoms with Gasteiger partial charge in [-0.3, -0.25) is 4.79 Å². The average molecular weight is 177 g/mol. The molecule has 1 nitrogen and oxygen atoms in total. The molecule has 0 spiro atoms. The summed E-state index contributed by atoms with van der Waals surface area (Å²) in [4.78, 5) is 10.9. The standard InChI is InChI=1S/C9H17ClO/c1-4-6-8(9(10)11)7(3)5-2/h7-8H,4-6H2,1-3H3. The second kappa shape index (κ2) is 5.59. The molecule has 2 atom stereocenters. The van der Waals surface area contributed by atoms with Crippen molar-refractivity contribution in [2.45, 2.75) is 40.0 Å². The van der Waals surface area contributed by atoms with Crippen LogP contribution in [-0.2, 0) is 4.79 Å². The van der Waals surface area contributed by atoms with Crippen molar-refractivity contribution in [3.8, 4) is 0 Å². The van der Waals surface area contributed by atoms with E-state index >= 15 is 0 Å². The minimum atomic E-state index is -0.166. The fraction of sp³-hybridized carbons (Fsp3) is 0.889. The van der Waals surface area contributed by atoms with Crippen LogP contribution in [0.15, 0.2) is 0 Å². The first-order valence-corrected chi connectivity index (χ1v) is 4.70. The topological polar surface area (TPSA) is 17.1 Å². The van der Waals surface area contributed by atoms with Gasteiger partial charge in [-0.05, 0) is 23.9 Å². The van der Waals surface area contributed by atoms with Crippen LogP contribution in [0.3, 0.4) is 0 Å². The van der Waals surface area contributed by atoms with E-state index in [2.05, 4.69) is 20.8 Å². The van der Waals surface area contributed by atoms with Gasteiger partial charge >= 0.3 is 0 Å². The van der Waals surface area contributed by atoms with E-state index in [0.717, 1.165) is 19.3 Å². The third-order valence-corrected chi connectivity index (χ3v) is 2.50. The lowest BCUT2D eigenvalue weighted by molar-refractivity contribution is -0.116. The van der Waals surface area contributed by atoms with Crippen LogP contribution in [0.2, 0.25) is 0 Å². The molecule has 2 heteroatoms. The van der Waals surface area contributed by atoms with Gasteiger partial charge in [0.25, 0.3) is 0 Å². The summed E-state index contributed by atoms with van der Waals surface area (Å²) >= 11 is 5.46. The molecular formula is C9H17ClO. The van der Waals surface area contributed by atoms with Crippen molar-refractivity contribution in [3.05, 3.63) is 0 Å². The Hall–Kier alpha value is -0.0400. The molecule has 0 aliphatic rings. The van der Waals surface area contributed by atoms with E-state index in [9.17, 15) is 4.79 Å². The van der Waals surface area contributed by atoms with Crippen molar-refractivity contribution in [2.24, 2.45) is 11.8 Å². The predicted molar refractivity (Wildman–Crippen MR) is 48.7 cm³/mol. The molecule has 66 valence electrons. The molecule has 0 aromatic carbocycles. The molecule has 0 rings (SSSR count). The van der Waals surface area contributed by atoms with Crippen LogP contribution in [0.25, 0.3) is 0 Å². The Balaban J connectivity index is 3.97. The van der Waals surface area contributed by atoms with Crippen molar-refractivity contribution in [1.29, 1.82) is 0 Å². The summed E-state index contributed by atoms with van der Waals surface area (Å²) < 4.78 is 0. The Morgan fingerprint density at radius 3 is 2.27 bits per heavy atom. The molecule has 0 aromatic rings. The fourth-order valence-corrected chi connectivity index (χ4v) is 1.54. The monoisotopic (exact) mass is 176 g/mol. The molecule has 0 aromatic heterocycles. The zero-order chi connectivity index (χ0) is 8.85. The van der Waals surface area contributed by atoms with Gasteiger partial charge in [-0.15, -0.1) is 0 Å². The number of carbonyl (C=O) groups is 1. The lowest BCUT2D eigenvalue weighted by Gasteiger charge is -2.17. The van der Waals surface area contributed by atoms with Gasteiger partial charge < -0.3 is 0 Å². The van der Waals surface area contributed by atoms with Crippen molar-refractivity contribution < 1.29 is 4.79 Å². The minimum absolute atomic E-state index is 0.0756. The Labute approximate surface area is 74.1 Å². The summed E-state index contributed by atoms with van der Waals surface area (Å²) in [6.45, 7) is 6.25. The van der Waals surface area contributed by atoms with E-state index in [1.807, 2.05) is 0 Å². The van der Waals surface area contributed by atoms with E-state index in [0.29, 0.717) is 5.92 Å². The quantitative estimate of drug-likeness (QED) is 0.588. The third-order valence-electron chi connectivity index (χ3n) is 2.22. The molecule has 0 radical (unpaired) electrons. The van der Waals surface area contributed by atoms with Crippen molar-refractivity contribution in [3.63, 3.8) is 0 Å². The van der Waals surface area contributed by atoms with E-state index in [-0.39, 0.29) is 11.2 Å². The molecule has 0 bridgehead atoms. The van der Waals surface area contributed by atoms with Gasteiger partial charge in [0, 0.05) is 5.92 Å². The maximum absolute atomic E-state index is 10.9. The molecule has 0 amide bonds. The minimum Gasteiger partial charge on any atom is -0.281 e. The highest BCUT2D eigenvalue weighted by Crippen LogP contribution is 2.22. The highest BCUT2D eigenvalue weighted by atomic mass is 35.5. The normalized spacial score (nSPS) is 16.0. The summed E-state index contributed by atoms with van der Waals surface area (Å²) in [5.41, 5.74) is 0. The van der Waals surface area contributed by atoms with Gasteiger partial charge in [-0.25, -0.2) is 0 Å². The van der Waals surface area contributed by atoms with E-state index < -0.39 is 0 Å². The number of hydrogen-bond acceptors (Lipinski definition) is 1. The number of hydrogen-bond donors (Lipinski definition) is 0. The lowest BCUT2D eigenvalue weighted by atomic mass is 9.89. The van der Waals surface area contributed by atoms with Crippen molar-refractivity contribution >= 4 is 16.8 Å². The number of halogens is 1. The highest BCUT2D eigenvalue weighted by molar-refractivity contribution is 6.64. The largest absolute Gasteiger partial charge is 0.281 e. The Bertz CT molecular complexity index is 123. The molecule has 0 fully saturated rings. The van der Waals surface area contributed by atoms with Gasteiger partial charge in [0.05, 0.1) is 0 Å². The molecule has 0 heterocycles. The van der Waals surface area contributed by atoms with E-state index in [4.69, 9.17) is 11.6 Å². The Morgan fingerprint density at radius 2 is 2.00 bits per heavy atom. The van der Waals surface area contributed by atoms with Crippen molar-refractivity contribution in [2.75, 3.05) is 0 Å². The summed E-state index contributed by atoms with van der Waals surface area (Å²) in [5, 5.41) is -0.166. The van der Waals surface area contributed by atoms with Gasteiger partial charge in [-0.2, -0.15) is 0 Å². The zero-order valence-corrected chi connectivity index (χ0v) is 8.32. The number of carbonyl (C=O) groups excluding carboxylic acids is 1. The Kier molecular flexibility index (Phi) is 5.57. The predicted octanol–water partition coefficient (Wildman–Crippen LogP) is 3.21. The Morgan fingerprint density at radius 1 is 1.45 bits per heavy atom. The molecular weight excluding hydrogens is 160 g/mol.